The van der Waals surface area contributed by atoms with Crippen LogP contribution < -0.4 is 9.47 Å². The summed E-state index contributed by atoms with van der Waals surface area (Å²) >= 11 is 0. The topological polar surface area (TPSA) is 105 Å². The van der Waals surface area contributed by atoms with E-state index in [0.29, 0.717) is 0 Å². The number of hydrogen-bond donors (Lipinski definition) is 0. The molecule has 8 nitrogen and oxygen atoms in total. The lowest BCUT2D eigenvalue weighted by molar-refractivity contribution is -0.136. The maximum atomic E-state index is 11.4. The van der Waals surface area contributed by atoms with E-state index in [1.54, 1.807) is 0 Å². The first-order valence-electron chi connectivity index (χ1n) is 6.50. The van der Waals surface area contributed by atoms with Crippen LogP contribution in [0, 0.1) is 0 Å². The van der Waals surface area contributed by atoms with Gasteiger partial charge in [-0.05, 0) is 24.3 Å². The number of carbonyl (C=O) groups is 4. The number of ether oxygens (including phenoxy) is 4. The summed E-state index contributed by atoms with van der Waals surface area (Å²) in [5.41, 5.74) is 0. The average molecular weight is 334 g/mol. The molecule has 1 aromatic carbocycles. The lowest BCUT2D eigenvalue weighted by Gasteiger charge is -2.04. The third-order valence-electron chi connectivity index (χ3n) is 2.37. The van der Waals surface area contributed by atoms with Crippen molar-refractivity contribution in [1.29, 1.82) is 0 Å². The molecule has 126 valence electrons. The van der Waals surface area contributed by atoms with Crippen molar-refractivity contribution in [2.45, 2.75) is 0 Å². The molecule has 0 bridgehead atoms. The minimum Gasteiger partial charge on any atom is -0.466 e. The van der Waals surface area contributed by atoms with Crippen molar-refractivity contribution < 1.29 is 38.1 Å². The molecule has 0 atom stereocenters. The largest absolute Gasteiger partial charge is 0.466 e. The molecule has 0 amide bonds. The number of methoxy groups -OCH3 is 2. The highest BCUT2D eigenvalue weighted by Crippen LogP contribution is 2.18. The molecule has 24 heavy (non-hydrogen) atoms. The Morgan fingerprint density at radius 2 is 0.917 bits per heavy atom. The summed E-state index contributed by atoms with van der Waals surface area (Å²) in [5.74, 6) is -2.56. The SMILES string of the molecule is COC(=O)/C=C/C(=O)Oc1ccc(OC(=O)/C=C/C(=O)OC)cc1. The zero-order valence-electron chi connectivity index (χ0n) is 12.9. The average Bonchev–Trinajstić information content (AvgIpc) is 2.59. The first kappa shape index (κ1) is 18.6. The van der Waals surface area contributed by atoms with Crippen LogP contribution in [0.2, 0.25) is 0 Å². The summed E-state index contributed by atoms with van der Waals surface area (Å²) in [6, 6.07) is 5.54. The van der Waals surface area contributed by atoms with Gasteiger partial charge >= 0.3 is 23.9 Å². The quantitative estimate of drug-likeness (QED) is 0.430. The minimum absolute atomic E-state index is 0.180. The van der Waals surface area contributed by atoms with Gasteiger partial charge in [-0.15, -0.1) is 0 Å². The van der Waals surface area contributed by atoms with E-state index in [0.717, 1.165) is 24.3 Å². The maximum Gasteiger partial charge on any atom is 0.336 e. The zero-order valence-corrected chi connectivity index (χ0v) is 12.9. The van der Waals surface area contributed by atoms with Crippen molar-refractivity contribution >= 4 is 23.9 Å². The summed E-state index contributed by atoms with van der Waals surface area (Å²) in [5, 5.41) is 0. The van der Waals surface area contributed by atoms with Gasteiger partial charge in [0, 0.05) is 24.3 Å². The van der Waals surface area contributed by atoms with E-state index in [9.17, 15) is 19.2 Å². The fourth-order valence-corrected chi connectivity index (χ4v) is 1.28. The molecule has 0 aliphatic heterocycles. The van der Waals surface area contributed by atoms with Crippen LogP contribution in [-0.4, -0.2) is 38.1 Å². The van der Waals surface area contributed by atoms with Gasteiger partial charge in [-0.1, -0.05) is 0 Å². The predicted molar refractivity (Wildman–Crippen MR) is 80.0 cm³/mol. The molecule has 0 unspecified atom stereocenters. The van der Waals surface area contributed by atoms with Crippen molar-refractivity contribution in [2.24, 2.45) is 0 Å². The number of carbonyl (C=O) groups excluding carboxylic acids is 4. The molecular formula is C16H14O8. The van der Waals surface area contributed by atoms with Crippen LogP contribution in [0.4, 0.5) is 0 Å². The first-order valence-corrected chi connectivity index (χ1v) is 6.50. The lowest BCUT2D eigenvalue weighted by atomic mass is 10.3. The van der Waals surface area contributed by atoms with E-state index in [2.05, 4.69) is 9.47 Å². The van der Waals surface area contributed by atoms with E-state index in [1.165, 1.54) is 38.5 Å². The van der Waals surface area contributed by atoms with Gasteiger partial charge in [0.15, 0.2) is 0 Å². The van der Waals surface area contributed by atoms with E-state index >= 15 is 0 Å². The Bertz CT molecular complexity index is 611. The second-order valence-corrected chi connectivity index (χ2v) is 4.03. The summed E-state index contributed by atoms with van der Waals surface area (Å²) in [4.78, 5) is 44.5. The van der Waals surface area contributed by atoms with Gasteiger partial charge in [0.25, 0.3) is 0 Å². The van der Waals surface area contributed by atoms with E-state index in [-0.39, 0.29) is 11.5 Å². The van der Waals surface area contributed by atoms with Gasteiger partial charge in [0.05, 0.1) is 14.2 Å². The van der Waals surface area contributed by atoms with Crippen LogP contribution in [0.1, 0.15) is 0 Å². The van der Waals surface area contributed by atoms with Gasteiger partial charge in [0.1, 0.15) is 11.5 Å². The molecule has 0 fully saturated rings. The van der Waals surface area contributed by atoms with Crippen molar-refractivity contribution in [3.63, 3.8) is 0 Å². The number of esters is 4. The molecule has 0 saturated heterocycles. The van der Waals surface area contributed by atoms with E-state index < -0.39 is 23.9 Å². The van der Waals surface area contributed by atoms with Crippen LogP contribution in [0.15, 0.2) is 48.6 Å². The fraction of sp³-hybridized carbons (Fsp3) is 0.125. The highest BCUT2D eigenvalue weighted by molar-refractivity contribution is 5.93. The van der Waals surface area contributed by atoms with Crippen LogP contribution >= 0.6 is 0 Å². The zero-order chi connectivity index (χ0) is 17.9. The van der Waals surface area contributed by atoms with Crippen molar-refractivity contribution in [3.05, 3.63) is 48.6 Å². The van der Waals surface area contributed by atoms with Crippen LogP contribution in [0.25, 0.3) is 0 Å². The molecule has 0 heterocycles. The molecule has 0 aromatic heterocycles. The number of hydrogen-bond acceptors (Lipinski definition) is 8. The van der Waals surface area contributed by atoms with Gasteiger partial charge in [-0.2, -0.15) is 0 Å². The lowest BCUT2D eigenvalue weighted by Crippen LogP contribution is -2.07. The Hall–Kier alpha value is -3.42. The third kappa shape index (κ3) is 7.03. The number of benzene rings is 1. The molecule has 1 rings (SSSR count). The molecule has 1 aromatic rings. The van der Waals surface area contributed by atoms with E-state index in [4.69, 9.17) is 9.47 Å². The van der Waals surface area contributed by atoms with Crippen molar-refractivity contribution in [2.75, 3.05) is 14.2 Å². The second-order valence-electron chi connectivity index (χ2n) is 4.03. The summed E-state index contributed by atoms with van der Waals surface area (Å²) in [6.07, 6.45) is 3.67. The Labute approximate surface area is 137 Å². The van der Waals surface area contributed by atoms with Crippen LogP contribution in [0.3, 0.4) is 0 Å². The smallest absolute Gasteiger partial charge is 0.336 e. The molecule has 8 heteroatoms. The standard InChI is InChI=1S/C16H14O8/c1-21-13(17)7-9-15(19)23-11-3-5-12(6-4-11)24-16(20)10-8-14(18)22-2/h3-10H,1-2H3/b9-7+,10-8+. The molecule has 0 aliphatic rings. The monoisotopic (exact) mass is 334 g/mol. The Morgan fingerprint density at radius 1 is 0.625 bits per heavy atom. The molecular weight excluding hydrogens is 320 g/mol. The normalized spacial score (nSPS) is 10.4. The highest BCUT2D eigenvalue weighted by atomic mass is 16.5. The van der Waals surface area contributed by atoms with Gasteiger partial charge in [-0.25, -0.2) is 19.2 Å². The Morgan fingerprint density at radius 3 is 1.21 bits per heavy atom. The van der Waals surface area contributed by atoms with Gasteiger partial charge in [0.2, 0.25) is 0 Å². The molecule has 0 aliphatic carbocycles. The van der Waals surface area contributed by atoms with Gasteiger partial charge in [-0.3, -0.25) is 0 Å². The van der Waals surface area contributed by atoms with Crippen LogP contribution in [-0.2, 0) is 28.7 Å². The summed E-state index contributed by atoms with van der Waals surface area (Å²) < 4.78 is 18.5. The van der Waals surface area contributed by atoms with Crippen LogP contribution in [0.5, 0.6) is 11.5 Å². The van der Waals surface area contributed by atoms with Crippen molar-refractivity contribution in [3.8, 4) is 11.5 Å². The first-order chi connectivity index (χ1) is 11.4. The molecule has 0 N–H and O–H groups in total. The second kappa shape index (κ2) is 9.57. The molecule has 0 saturated carbocycles. The molecule has 0 spiro atoms. The predicted octanol–water partition coefficient (Wildman–Crippen LogP) is 0.956. The van der Waals surface area contributed by atoms with Crippen molar-refractivity contribution in [1.82, 2.24) is 0 Å². The summed E-state index contributed by atoms with van der Waals surface area (Å²) in [6.45, 7) is 0. The Balaban J connectivity index is 2.57. The molecule has 0 radical (unpaired) electrons. The maximum absolute atomic E-state index is 11.4. The highest BCUT2D eigenvalue weighted by Gasteiger charge is 2.05. The van der Waals surface area contributed by atoms with Gasteiger partial charge < -0.3 is 18.9 Å². The minimum atomic E-state index is -0.772. The van der Waals surface area contributed by atoms with E-state index in [1.807, 2.05) is 0 Å². The fourth-order valence-electron chi connectivity index (χ4n) is 1.28. The number of rotatable bonds is 6. The summed E-state index contributed by atoms with van der Waals surface area (Å²) in [7, 11) is 2.36. The Kier molecular flexibility index (Phi) is 7.43. The third-order valence-corrected chi connectivity index (χ3v) is 2.37.